The fourth-order valence-corrected chi connectivity index (χ4v) is 31.6. The normalized spacial score (nSPS) is 21.9. The quantitative estimate of drug-likeness (QED) is 0.321. The van der Waals surface area contributed by atoms with Crippen LogP contribution in [0.1, 0.15) is 67.3 Å². The van der Waals surface area contributed by atoms with E-state index in [4.69, 9.17) is 0 Å². The second kappa shape index (κ2) is 11.4. The molecule has 5 rings (SSSR count). The van der Waals surface area contributed by atoms with Gasteiger partial charge in [0, 0.05) is 0 Å². The van der Waals surface area contributed by atoms with Crippen LogP contribution in [-0.4, -0.2) is 5.43 Å². The molecule has 0 aromatic heterocycles. The maximum atomic E-state index is 2.75. The standard InChI is InChI=1S/C15H11.C9H13.C5H10Si.2ClH.Zr/c1-2-6-12(7-3-1)15-11-10-13-8-4-5-9-14(13)15;1-6-5-7(2)9(4)8(6)3;1-2-4-6-5-3-1;;;/h1-11H;6H,1-4H3;1-5H2;2*1H;. The predicted molar refractivity (Wildman–Crippen MR) is 147 cm³/mol. The monoisotopic (exact) mass is 572 g/mol. The van der Waals surface area contributed by atoms with Crippen molar-refractivity contribution in [3.63, 3.8) is 0 Å². The first-order chi connectivity index (χ1) is 15.1. The van der Waals surface area contributed by atoms with Crippen molar-refractivity contribution in [2.75, 3.05) is 0 Å². The van der Waals surface area contributed by atoms with Gasteiger partial charge in [-0.15, -0.1) is 24.8 Å². The van der Waals surface area contributed by atoms with Crippen molar-refractivity contribution in [2.24, 2.45) is 5.92 Å². The minimum atomic E-state index is -1.92. The first kappa shape index (κ1) is 26.9. The Hall–Kier alpha value is -0.660. The maximum absolute atomic E-state index is 2.75. The Morgan fingerprint density at radius 3 is 2.06 bits per heavy atom. The summed E-state index contributed by atoms with van der Waals surface area (Å²) >= 11 is -1.92. The van der Waals surface area contributed by atoms with E-state index < -0.39 is 20.4 Å². The van der Waals surface area contributed by atoms with Gasteiger partial charge in [0.2, 0.25) is 0 Å². The number of rotatable bonds is 3. The molecule has 0 amide bonds. The molecule has 2 aromatic carbocycles. The summed E-state index contributed by atoms with van der Waals surface area (Å²) in [6, 6.07) is 23.7. The Morgan fingerprint density at radius 1 is 0.788 bits per heavy atom. The Bertz CT molecular complexity index is 1150. The van der Waals surface area contributed by atoms with Crippen LogP contribution in [0, 0.1) is 5.92 Å². The molecule has 2 aromatic rings. The molecule has 0 saturated carbocycles. The summed E-state index contributed by atoms with van der Waals surface area (Å²) < 4.78 is 2.71. The zero-order chi connectivity index (χ0) is 21.5. The van der Waals surface area contributed by atoms with Crippen LogP contribution in [-0.2, 0) is 20.4 Å². The van der Waals surface area contributed by atoms with E-state index in [2.05, 4.69) is 88.4 Å². The Morgan fingerprint density at radius 2 is 1.42 bits per heavy atom. The Labute approximate surface area is 220 Å². The third-order valence-corrected chi connectivity index (χ3v) is 29.6. The van der Waals surface area contributed by atoms with Crippen molar-refractivity contribution in [2.45, 2.75) is 62.7 Å². The molecule has 0 spiro atoms. The molecule has 33 heavy (non-hydrogen) atoms. The van der Waals surface area contributed by atoms with Gasteiger partial charge in [0.25, 0.3) is 0 Å². The van der Waals surface area contributed by atoms with Crippen LogP contribution in [0.25, 0.3) is 5.57 Å². The number of allylic oxidation sites excluding steroid dienone is 5. The van der Waals surface area contributed by atoms with Crippen LogP contribution in [0.4, 0.5) is 0 Å². The molecule has 1 heterocycles. The van der Waals surface area contributed by atoms with Crippen LogP contribution < -0.4 is 0 Å². The summed E-state index contributed by atoms with van der Waals surface area (Å²) in [6.45, 7) is 9.79. The van der Waals surface area contributed by atoms with Gasteiger partial charge >= 0.3 is 197 Å². The summed E-state index contributed by atoms with van der Waals surface area (Å²) in [4.78, 5) is 0. The SMILES string of the molecule is CC1=C(C)C(C)[C]([Zr]([CH]2C=C(c3ccccc3)c3ccccc32)=[Si]2CCCCC2)=C1C.Cl.Cl. The van der Waals surface area contributed by atoms with Crippen molar-refractivity contribution in [3.8, 4) is 0 Å². The molecule has 2 atom stereocenters. The van der Waals surface area contributed by atoms with Gasteiger partial charge in [0.15, 0.2) is 0 Å². The molecule has 2 aliphatic carbocycles. The molecule has 0 nitrogen and oxygen atoms in total. The van der Waals surface area contributed by atoms with Crippen molar-refractivity contribution >= 4 is 35.8 Å². The largest absolute Gasteiger partial charge is 0.147 e. The van der Waals surface area contributed by atoms with Gasteiger partial charge in [-0.1, -0.05) is 0 Å². The Kier molecular flexibility index (Phi) is 9.29. The van der Waals surface area contributed by atoms with E-state index >= 15 is 0 Å². The average Bonchev–Trinajstić information content (AvgIpc) is 3.28. The second-order valence-corrected chi connectivity index (χ2v) is 25.2. The Balaban J connectivity index is 0.00000153. The first-order valence-electron chi connectivity index (χ1n) is 12.0. The number of benzene rings is 2. The van der Waals surface area contributed by atoms with Crippen LogP contribution >= 0.6 is 24.8 Å². The van der Waals surface area contributed by atoms with Crippen LogP contribution in [0.15, 0.2) is 80.7 Å². The van der Waals surface area contributed by atoms with Crippen molar-refractivity contribution < 1.29 is 20.4 Å². The number of fused-ring (bicyclic) bond motifs is 1. The van der Waals surface area contributed by atoms with Crippen LogP contribution in [0.2, 0.25) is 12.1 Å². The van der Waals surface area contributed by atoms with Gasteiger partial charge in [-0.2, -0.15) is 0 Å². The summed E-state index contributed by atoms with van der Waals surface area (Å²) in [6.07, 6.45) is 7.21. The summed E-state index contributed by atoms with van der Waals surface area (Å²) in [7, 11) is 0. The van der Waals surface area contributed by atoms with Crippen LogP contribution in [0.5, 0.6) is 0 Å². The van der Waals surface area contributed by atoms with E-state index in [0.717, 1.165) is 3.63 Å². The third kappa shape index (κ3) is 4.88. The van der Waals surface area contributed by atoms with E-state index in [1.54, 1.807) is 34.4 Å². The molecule has 0 N–H and O–H groups in total. The van der Waals surface area contributed by atoms with Gasteiger partial charge in [-0.05, 0) is 0 Å². The smallest absolute Gasteiger partial charge is 0.147 e. The molecule has 3 aliphatic rings. The van der Waals surface area contributed by atoms with Gasteiger partial charge in [0.05, 0.1) is 0 Å². The molecular formula is C29H36Cl2SiZr. The first-order valence-corrected chi connectivity index (χ1v) is 20.3. The molecule has 2 unspecified atom stereocenters. The minimum absolute atomic E-state index is 0. The fraction of sp³-hybridized carbons (Fsp3) is 0.379. The molecule has 1 fully saturated rings. The van der Waals surface area contributed by atoms with Gasteiger partial charge in [-0.3, -0.25) is 0 Å². The molecule has 1 saturated heterocycles. The van der Waals surface area contributed by atoms with Crippen LogP contribution in [0.3, 0.4) is 0 Å². The van der Waals surface area contributed by atoms with E-state index in [0.29, 0.717) is 5.92 Å². The van der Waals surface area contributed by atoms with E-state index in [9.17, 15) is 0 Å². The summed E-state index contributed by atoms with van der Waals surface area (Å²) in [5, 5.41) is 0. The van der Waals surface area contributed by atoms with Gasteiger partial charge < -0.3 is 0 Å². The minimum Gasteiger partial charge on any atom is -0.147 e. The maximum Gasteiger partial charge on any atom is -0.147 e. The summed E-state index contributed by atoms with van der Waals surface area (Å²) in [5.41, 5.74) is 10.8. The molecule has 0 radical (unpaired) electrons. The second-order valence-electron chi connectivity index (χ2n) is 9.66. The van der Waals surface area contributed by atoms with Crippen molar-refractivity contribution in [1.82, 2.24) is 0 Å². The zero-order valence-corrected chi connectivity index (χ0v) is 25.4. The number of hydrogen-bond donors (Lipinski definition) is 0. The topological polar surface area (TPSA) is 0 Å². The van der Waals surface area contributed by atoms with Gasteiger partial charge in [0.1, 0.15) is 0 Å². The summed E-state index contributed by atoms with van der Waals surface area (Å²) in [5.74, 6) is 0.690. The van der Waals surface area contributed by atoms with E-state index in [1.807, 2.05) is 3.28 Å². The van der Waals surface area contributed by atoms with Crippen molar-refractivity contribution in [1.29, 1.82) is 0 Å². The molecular weight excluding hydrogens is 539 g/mol. The van der Waals surface area contributed by atoms with Crippen molar-refractivity contribution in [3.05, 3.63) is 97.4 Å². The third-order valence-electron chi connectivity index (χ3n) is 8.08. The molecule has 0 bridgehead atoms. The predicted octanol–water partition coefficient (Wildman–Crippen LogP) is 9.07. The average molecular weight is 575 g/mol. The number of halogens is 2. The molecule has 1 aliphatic heterocycles. The molecule has 4 heteroatoms. The van der Waals surface area contributed by atoms with Gasteiger partial charge in [-0.25, -0.2) is 0 Å². The fourth-order valence-electron chi connectivity index (χ4n) is 6.09. The zero-order valence-electron chi connectivity index (χ0n) is 20.3. The van der Waals surface area contributed by atoms with E-state index in [1.165, 1.54) is 36.0 Å². The number of hydrogen-bond acceptors (Lipinski definition) is 0. The van der Waals surface area contributed by atoms with E-state index in [-0.39, 0.29) is 30.2 Å². The molecule has 174 valence electrons.